The Morgan fingerprint density at radius 1 is 0.906 bits per heavy atom. The molecule has 1 fully saturated rings. The van der Waals surface area contributed by atoms with E-state index in [1.165, 1.54) is 5.69 Å². The zero-order valence-electron chi connectivity index (χ0n) is 18.1. The molecule has 1 aliphatic heterocycles. The fraction of sp³-hybridized carbons (Fsp3) is 0.250. The van der Waals surface area contributed by atoms with Crippen molar-refractivity contribution in [1.82, 2.24) is 14.6 Å². The van der Waals surface area contributed by atoms with Gasteiger partial charge in [-0.15, -0.1) is 5.10 Å². The van der Waals surface area contributed by atoms with Crippen LogP contribution in [0.1, 0.15) is 0 Å². The van der Waals surface area contributed by atoms with E-state index in [1.807, 2.05) is 53.0 Å². The Bertz CT molecular complexity index is 1220. The Labute approximate surface area is 186 Å². The molecule has 32 heavy (non-hydrogen) atoms. The lowest BCUT2D eigenvalue weighted by atomic mass is 10.1. The van der Waals surface area contributed by atoms with E-state index in [0.29, 0.717) is 17.4 Å². The molecule has 8 nitrogen and oxygen atoms in total. The largest absolute Gasteiger partial charge is 0.493 e. The van der Waals surface area contributed by atoms with Gasteiger partial charge in [0.05, 0.1) is 33.1 Å². The summed E-state index contributed by atoms with van der Waals surface area (Å²) < 4.78 is 18.1. The number of pyridine rings is 1. The van der Waals surface area contributed by atoms with Gasteiger partial charge in [-0.05, 0) is 54.6 Å². The predicted octanol–water partition coefficient (Wildman–Crippen LogP) is 3.99. The number of methoxy groups -OCH3 is 2. The summed E-state index contributed by atoms with van der Waals surface area (Å²) in [6.07, 6.45) is 0. The van der Waals surface area contributed by atoms with E-state index in [4.69, 9.17) is 19.3 Å². The number of hydrogen-bond donors (Lipinski definition) is 1. The molecule has 8 heteroatoms. The van der Waals surface area contributed by atoms with Gasteiger partial charge in [-0.2, -0.15) is 4.98 Å². The summed E-state index contributed by atoms with van der Waals surface area (Å²) in [4.78, 5) is 6.97. The third kappa shape index (κ3) is 3.92. The normalized spacial score (nSPS) is 13.9. The van der Waals surface area contributed by atoms with Crippen LogP contribution in [-0.2, 0) is 4.74 Å². The molecule has 164 valence electrons. The first-order valence-corrected chi connectivity index (χ1v) is 10.5. The summed E-state index contributed by atoms with van der Waals surface area (Å²) in [5.74, 6) is 1.89. The van der Waals surface area contributed by atoms with Crippen molar-refractivity contribution in [1.29, 1.82) is 0 Å². The van der Waals surface area contributed by atoms with Crippen LogP contribution < -0.4 is 19.7 Å². The molecule has 0 radical (unpaired) electrons. The third-order valence-electron chi connectivity index (χ3n) is 5.54. The second-order valence-electron chi connectivity index (χ2n) is 7.46. The molecule has 5 rings (SSSR count). The molecule has 0 bridgehead atoms. The van der Waals surface area contributed by atoms with E-state index >= 15 is 0 Å². The van der Waals surface area contributed by atoms with E-state index in [0.717, 1.165) is 48.9 Å². The third-order valence-corrected chi connectivity index (χ3v) is 5.54. The maximum Gasteiger partial charge on any atom is 0.247 e. The number of aromatic nitrogens is 3. The van der Waals surface area contributed by atoms with Gasteiger partial charge in [-0.3, -0.25) is 0 Å². The fourth-order valence-corrected chi connectivity index (χ4v) is 3.88. The summed E-state index contributed by atoms with van der Waals surface area (Å²) in [5, 5.41) is 8.00. The van der Waals surface area contributed by atoms with Crippen molar-refractivity contribution in [3.05, 3.63) is 60.7 Å². The summed E-state index contributed by atoms with van der Waals surface area (Å²) >= 11 is 0. The number of fused-ring (bicyclic) bond motifs is 1. The predicted molar refractivity (Wildman–Crippen MR) is 124 cm³/mol. The van der Waals surface area contributed by atoms with Crippen molar-refractivity contribution in [3.63, 3.8) is 0 Å². The van der Waals surface area contributed by atoms with Crippen LogP contribution in [0.25, 0.3) is 16.9 Å². The summed E-state index contributed by atoms with van der Waals surface area (Å²) in [6.45, 7) is 3.38. The second kappa shape index (κ2) is 8.76. The lowest BCUT2D eigenvalue weighted by molar-refractivity contribution is 0.122. The lowest BCUT2D eigenvalue weighted by Gasteiger charge is -2.28. The fourth-order valence-electron chi connectivity index (χ4n) is 3.88. The zero-order valence-corrected chi connectivity index (χ0v) is 18.1. The Kier molecular flexibility index (Phi) is 5.51. The highest BCUT2D eigenvalue weighted by Gasteiger charge is 2.13. The molecule has 0 aliphatic carbocycles. The monoisotopic (exact) mass is 431 g/mol. The lowest BCUT2D eigenvalue weighted by Crippen LogP contribution is -2.36. The van der Waals surface area contributed by atoms with Gasteiger partial charge < -0.3 is 24.4 Å². The van der Waals surface area contributed by atoms with Crippen LogP contribution in [0.3, 0.4) is 0 Å². The number of nitrogens with one attached hydrogen (secondary N) is 1. The van der Waals surface area contributed by atoms with Gasteiger partial charge in [0.1, 0.15) is 0 Å². The second-order valence-corrected chi connectivity index (χ2v) is 7.46. The summed E-state index contributed by atoms with van der Waals surface area (Å²) in [7, 11) is 3.26. The Hall–Kier alpha value is -3.78. The Balaban J connectivity index is 1.41. The van der Waals surface area contributed by atoms with Gasteiger partial charge in [-0.25, -0.2) is 4.52 Å². The highest BCUT2D eigenvalue weighted by atomic mass is 16.5. The highest BCUT2D eigenvalue weighted by molar-refractivity contribution is 5.68. The van der Waals surface area contributed by atoms with Crippen molar-refractivity contribution in [3.8, 4) is 22.8 Å². The minimum atomic E-state index is 0.539. The molecule has 0 atom stereocenters. The first-order valence-electron chi connectivity index (χ1n) is 10.5. The summed E-state index contributed by atoms with van der Waals surface area (Å²) in [6, 6.07) is 20.0. The molecule has 1 N–H and O–H groups in total. The molecule has 0 unspecified atom stereocenters. The van der Waals surface area contributed by atoms with Gasteiger partial charge >= 0.3 is 0 Å². The smallest absolute Gasteiger partial charge is 0.247 e. The highest BCUT2D eigenvalue weighted by Crippen LogP contribution is 2.32. The number of anilines is 3. The van der Waals surface area contributed by atoms with Gasteiger partial charge in [0.25, 0.3) is 0 Å². The molecule has 2 aromatic heterocycles. The average molecular weight is 431 g/mol. The van der Waals surface area contributed by atoms with Crippen LogP contribution in [0.4, 0.5) is 17.3 Å². The SMILES string of the molecule is COc1ccc(-c2cccc3nc(Nc4ccc(N5CCOCC5)cc4)nn23)cc1OC. The minimum absolute atomic E-state index is 0.539. The molecule has 2 aromatic carbocycles. The van der Waals surface area contributed by atoms with Crippen molar-refractivity contribution >= 4 is 23.0 Å². The zero-order chi connectivity index (χ0) is 21.9. The van der Waals surface area contributed by atoms with Gasteiger partial charge in [0.2, 0.25) is 5.95 Å². The number of benzene rings is 2. The van der Waals surface area contributed by atoms with E-state index in [-0.39, 0.29) is 0 Å². The van der Waals surface area contributed by atoms with Crippen molar-refractivity contribution in [2.24, 2.45) is 0 Å². The number of rotatable bonds is 6. The maximum absolute atomic E-state index is 5.46. The standard InChI is InChI=1S/C24H25N5O3/c1-30-21-11-6-17(16-22(21)31-2)20-4-3-5-23-26-24(27-29(20)23)25-18-7-9-19(10-8-18)28-12-14-32-15-13-28/h3-11,16H,12-15H2,1-2H3,(H,25,27). The maximum atomic E-state index is 5.46. The summed E-state index contributed by atoms with van der Waals surface area (Å²) in [5.41, 5.74) is 4.75. The topological polar surface area (TPSA) is 73.2 Å². The van der Waals surface area contributed by atoms with Crippen molar-refractivity contribution in [2.75, 3.05) is 50.7 Å². The number of hydrogen-bond acceptors (Lipinski definition) is 7. The molecule has 0 saturated carbocycles. The van der Waals surface area contributed by atoms with Gasteiger partial charge in [0.15, 0.2) is 17.1 Å². The number of nitrogens with zero attached hydrogens (tertiary/aromatic N) is 4. The Morgan fingerprint density at radius 2 is 1.69 bits per heavy atom. The average Bonchev–Trinajstić information content (AvgIpc) is 3.27. The molecule has 0 spiro atoms. The molecule has 1 aliphatic rings. The molecular weight excluding hydrogens is 406 g/mol. The van der Waals surface area contributed by atoms with Gasteiger partial charge in [-0.1, -0.05) is 6.07 Å². The molecular formula is C24H25N5O3. The first kappa shape index (κ1) is 20.1. The van der Waals surface area contributed by atoms with E-state index < -0.39 is 0 Å². The van der Waals surface area contributed by atoms with Crippen LogP contribution in [0.15, 0.2) is 60.7 Å². The van der Waals surface area contributed by atoms with E-state index in [2.05, 4.69) is 27.3 Å². The molecule has 4 aromatic rings. The number of morpholine rings is 1. The van der Waals surface area contributed by atoms with Crippen molar-refractivity contribution in [2.45, 2.75) is 0 Å². The van der Waals surface area contributed by atoms with Crippen LogP contribution in [0.2, 0.25) is 0 Å². The van der Waals surface area contributed by atoms with Crippen molar-refractivity contribution < 1.29 is 14.2 Å². The number of ether oxygens (including phenoxy) is 3. The van der Waals surface area contributed by atoms with E-state index in [1.54, 1.807) is 14.2 Å². The quantitative estimate of drug-likeness (QED) is 0.495. The molecule has 3 heterocycles. The first-order chi connectivity index (χ1) is 15.7. The van der Waals surface area contributed by atoms with Crippen LogP contribution in [0.5, 0.6) is 11.5 Å². The minimum Gasteiger partial charge on any atom is -0.493 e. The van der Waals surface area contributed by atoms with Gasteiger partial charge in [0, 0.05) is 30.0 Å². The molecule has 0 amide bonds. The van der Waals surface area contributed by atoms with Crippen LogP contribution in [-0.4, -0.2) is 55.1 Å². The Morgan fingerprint density at radius 3 is 2.44 bits per heavy atom. The van der Waals surface area contributed by atoms with E-state index in [9.17, 15) is 0 Å². The van der Waals surface area contributed by atoms with Crippen LogP contribution >= 0.6 is 0 Å². The molecule has 1 saturated heterocycles. The van der Waals surface area contributed by atoms with Crippen LogP contribution in [0, 0.1) is 0 Å².